The largest absolute Gasteiger partial charge is 0.377 e. The van der Waals surface area contributed by atoms with Crippen molar-refractivity contribution in [3.8, 4) is 0 Å². The van der Waals surface area contributed by atoms with Gasteiger partial charge in [0, 0.05) is 31.5 Å². The Morgan fingerprint density at radius 1 is 1.25 bits per heavy atom. The lowest BCUT2D eigenvalue weighted by Gasteiger charge is -2.18. The Morgan fingerprint density at radius 3 is 2.45 bits per heavy atom. The number of benzene rings is 1. The number of hydrogen-bond acceptors (Lipinski definition) is 3. The number of rotatable bonds is 7. The van der Waals surface area contributed by atoms with Gasteiger partial charge in [0.05, 0.1) is 6.54 Å². The molecule has 0 spiro atoms. The summed E-state index contributed by atoms with van der Waals surface area (Å²) in [5.41, 5.74) is 3.36. The van der Waals surface area contributed by atoms with Gasteiger partial charge >= 0.3 is 0 Å². The molecule has 0 aliphatic rings. The van der Waals surface area contributed by atoms with E-state index in [1.165, 1.54) is 5.56 Å². The van der Waals surface area contributed by atoms with E-state index >= 15 is 0 Å². The number of nitrogens with zero attached hydrogens (tertiary/aromatic N) is 1. The second-order valence-corrected chi connectivity index (χ2v) is 5.33. The van der Waals surface area contributed by atoms with Crippen molar-refractivity contribution in [2.45, 2.75) is 39.7 Å². The van der Waals surface area contributed by atoms with E-state index in [1.807, 2.05) is 20.2 Å². The van der Waals surface area contributed by atoms with E-state index in [1.54, 1.807) is 0 Å². The average Bonchev–Trinajstić information content (AvgIpc) is 2.43. The van der Waals surface area contributed by atoms with Crippen LogP contribution in [0.1, 0.15) is 32.3 Å². The first-order valence-corrected chi connectivity index (χ1v) is 7.29. The Morgan fingerprint density at radius 2 is 1.90 bits per heavy atom. The summed E-state index contributed by atoms with van der Waals surface area (Å²) in [5, 5.41) is 6.21. The van der Waals surface area contributed by atoms with Crippen molar-refractivity contribution in [2.24, 2.45) is 0 Å². The van der Waals surface area contributed by atoms with E-state index in [0.29, 0.717) is 6.54 Å². The SMILES string of the molecule is CCC(CC)NC(=O)CNc1ccc(C)c(N(C)C)c1. The number of carbonyl (C=O) groups excluding carboxylic acids is 1. The topological polar surface area (TPSA) is 44.4 Å². The van der Waals surface area contributed by atoms with E-state index < -0.39 is 0 Å². The number of amides is 1. The molecule has 0 fully saturated rings. The number of hydrogen-bond donors (Lipinski definition) is 2. The van der Waals surface area contributed by atoms with Crippen molar-refractivity contribution in [1.82, 2.24) is 5.32 Å². The predicted octanol–water partition coefficient (Wildman–Crippen LogP) is 2.78. The van der Waals surface area contributed by atoms with Gasteiger partial charge in [0.1, 0.15) is 0 Å². The summed E-state index contributed by atoms with van der Waals surface area (Å²) >= 11 is 0. The fraction of sp³-hybridized carbons (Fsp3) is 0.562. The summed E-state index contributed by atoms with van der Waals surface area (Å²) in [4.78, 5) is 13.9. The summed E-state index contributed by atoms with van der Waals surface area (Å²) in [6.45, 7) is 6.57. The molecule has 0 heterocycles. The lowest BCUT2D eigenvalue weighted by molar-refractivity contribution is -0.120. The van der Waals surface area contributed by atoms with Gasteiger partial charge in [0.2, 0.25) is 5.91 Å². The third-order valence-corrected chi connectivity index (χ3v) is 3.49. The summed E-state index contributed by atoms with van der Waals surface area (Å²) in [7, 11) is 4.04. The second-order valence-electron chi connectivity index (χ2n) is 5.33. The molecule has 0 saturated heterocycles. The normalized spacial score (nSPS) is 10.5. The molecule has 1 aromatic rings. The Labute approximate surface area is 122 Å². The fourth-order valence-corrected chi connectivity index (χ4v) is 2.16. The Hall–Kier alpha value is -1.71. The van der Waals surface area contributed by atoms with Gasteiger partial charge in [-0.25, -0.2) is 0 Å². The molecule has 20 heavy (non-hydrogen) atoms. The molecule has 0 aromatic heterocycles. The lowest BCUT2D eigenvalue weighted by atomic mass is 10.1. The molecule has 0 bridgehead atoms. The van der Waals surface area contributed by atoms with Crippen LogP contribution in [0, 0.1) is 6.92 Å². The number of aryl methyl sites for hydroxylation is 1. The van der Waals surface area contributed by atoms with Crippen LogP contribution in [0.25, 0.3) is 0 Å². The molecule has 4 nitrogen and oxygen atoms in total. The highest BCUT2D eigenvalue weighted by Gasteiger charge is 2.08. The zero-order valence-corrected chi connectivity index (χ0v) is 13.3. The number of anilines is 2. The Kier molecular flexibility index (Phi) is 6.36. The molecule has 1 amide bonds. The maximum Gasteiger partial charge on any atom is 0.239 e. The van der Waals surface area contributed by atoms with Gasteiger partial charge in [0.25, 0.3) is 0 Å². The summed E-state index contributed by atoms with van der Waals surface area (Å²) in [6.07, 6.45) is 1.94. The van der Waals surface area contributed by atoms with Gasteiger partial charge in [0.15, 0.2) is 0 Å². The Balaban J connectivity index is 2.57. The standard InChI is InChI=1S/C16H27N3O/c1-6-13(7-2)18-16(20)11-17-14-9-8-12(3)15(10-14)19(4)5/h8-10,13,17H,6-7,11H2,1-5H3,(H,18,20). The van der Waals surface area contributed by atoms with Crippen LogP contribution in [0.5, 0.6) is 0 Å². The van der Waals surface area contributed by atoms with Gasteiger partial charge < -0.3 is 15.5 Å². The third-order valence-electron chi connectivity index (χ3n) is 3.49. The molecule has 1 rings (SSSR count). The lowest BCUT2D eigenvalue weighted by Crippen LogP contribution is -2.37. The van der Waals surface area contributed by atoms with Crippen molar-refractivity contribution in [3.63, 3.8) is 0 Å². The molecular weight excluding hydrogens is 250 g/mol. The first-order chi connectivity index (χ1) is 9.47. The quantitative estimate of drug-likeness (QED) is 0.805. The van der Waals surface area contributed by atoms with Crippen LogP contribution in [-0.2, 0) is 4.79 Å². The monoisotopic (exact) mass is 277 g/mol. The highest BCUT2D eigenvalue weighted by atomic mass is 16.1. The van der Waals surface area contributed by atoms with Crippen molar-refractivity contribution in [2.75, 3.05) is 30.9 Å². The predicted molar refractivity (Wildman–Crippen MR) is 86.5 cm³/mol. The second kappa shape index (κ2) is 7.78. The molecule has 2 N–H and O–H groups in total. The van der Waals surface area contributed by atoms with E-state index in [0.717, 1.165) is 24.2 Å². The maximum absolute atomic E-state index is 11.8. The average molecular weight is 277 g/mol. The zero-order valence-electron chi connectivity index (χ0n) is 13.3. The van der Waals surface area contributed by atoms with Crippen LogP contribution >= 0.6 is 0 Å². The van der Waals surface area contributed by atoms with E-state index in [9.17, 15) is 4.79 Å². The van der Waals surface area contributed by atoms with E-state index in [2.05, 4.69) is 48.4 Å². The van der Waals surface area contributed by atoms with Gasteiger partial charge in [-0.2, -0.15) is 0 Å². The molecular formula is C16H27N3O. The van der Waals surface area contributed by atoms with Gasteiger partial charge in [-0.1, -0.05) is 19.9 Å². The minimum atomic E-state index is 0.0469. The zero-order chi connectivity index (χ0) is 15.1. The van der Waals surface area contributed by atoms with Crippen LogP contribution in [0.2, 0.25) is 0 Å². The maximum atomic E-state index is 11.8. The molecule has 0 aliphatic heterocycles. The number of carbonyl (C=O) groups is 1. The van der Waals surface area contributed by atoms with Crippen molar-refractivity contribution < 1.29 is 4.79 Å². The van der Waals surface area contributed by atoms with Crippen LogP contribution < -0.4 is 15.5 Å². The summed E-state index contributed by atoms with van der Waals surface area (Å²) in [5.74, 6) is 0.0469. The fourth-order valence-electron chi connectivity index (χ4n) is 2.16. The first kappa shape index (κ1) is 16.3. The summed E-state index contributed by atoms with van der Waals surface area (Å²) in [6, 6.07) is 6.42. The van der Waals surface area contributed by atoms with Gasteiger partial charge in [-0.3, -0.25) is 4.79 Å². The van der Waals surface area contributed by atoms with Crippen molar-refractivity contribution >= 4 is 17.3 Å². The Bertz CT molecular complexity index is 439. The molecule has 4 heteroatoms. The van der Waals surface area contributed by atoms with Gasteiger partial charge in [-0.15, -0.1) is 0 Å². The van der Waals surface area contributed by atoms with Crippen LogP contribution in [0.15, 0.2) is 18.2 Å². The third kappa shape index (κ3) is 4.76. The first-order valence-electron chi connectivity index (χ1n) is 7.29. The molecule has 112 valence electrons. The molecule has 0 atom stereocenters. The van der Waals surface area contributed by atoms with Crippen LogP contribution in [0.4, 0.5) is 11.4 Å². The highest BCUT2D eigenvalue weighted by molar-refractivity contribution is 5.81. The molecule has 0 saturated carbocycles. The van der Waals surface area contributed by atoms with Gasteiger partial charge in [-0.05, 0) is 37.5 Å². The number of nitrogens with one attached hydrogen (secondary N) is 2. The minimum Gasteiger partial charge on any atom is -0.377 e. The van der Waals surface area contributed by atoms with Crippen molar-refractivity contribution in [1.29, 1.82) is 0 Å². The van der Waals surface area contributed by atoms with Crippen LogP contribution in [0.3, 0.4) is 0 Å². The van der Waals surface area contributed by atoms with Crippen molar-refractivity contribution in [3.05, 3.63) is 23.8 Å². The van der Waals surface area contributed by atoms with Crippen LogP contribution in [-0.4, -0.2) is 32.6 Å². The molecule has 0 unspecified atom stereocenters. The minimum absolute atomic E-state index is 0.0469. The molecule has 0 aliphatic carbocycles. The van der Waals surface area contributed by atoms with E-state index in [-0.39, 0.29) is 11.9 Å². The highest BCUT2D eigenvalue weighted by Crippen LogP contribution is 2.22. The smallest absolute Gasteiger partial charge is 0.239 e. The molecule has 0 radical (unpaired) electrons. The molecule has 1 aromatic carbocycles. The van der Waals surface area contributed by atoms with E-state index in [4.69, 9.17) is 0 Å². The summed E-state index contributed by atoms with van der Waals surface area (Å²) < 4.78 is 0.